The molecule has 27 heavy (non-hydrogen) atoms. The van der Waals surface area contributed by atoms with E-state index in [1.807, 2.05) is 42.5 Å². The summed E-state index contributed by atoms with van der Waals surface area (Å²) >= 11 is 0. The number of carbonyl (C=O) groups excluding carboxylic acids is 2. The minimum atomic E-state index is -0.517. The number of ketones is 1. The highest BCUT2D eigenvalue weighted by Gasteiger charge is 2.39. The van der Waals surface area contributed by atoms with Crippen molar-refractivity contribution in [3.63, 3.8) is 0 Å². The Balaban J connectivity index is 1.65. The molecular formula is C21H20N2O4. The number of urea groups is 1. The number of ether oxygens (including phenoxy) is 2. The van der Waals surface area contributed by atoms with E-state index in [0.717, 1.165) is 17.5 Å². The van der Waals surface area contributed by atoms with Crippen LogP contribution >= 0.6 is 0 Å². The van der Waals surface area contributed by atoms with Crippen molar-refractivity contribution in [3.8, 4) is 5.75 Å². The predicted octanol–water partition coefficient (Wildman–Crippen LogP) is 3.06. The van der Waals surface area contributed by atoms with Crippen LogP contribution in [0.5, 0.6) is 5.75 Å². The molecule has 2 aromatic carbocycles. The Morgan fingerprint density at radius 3 is 2.63 bits per heavy atom. The van der Waals surface area contributed by atoms with Crippen molar-refractivity contribution in [2.75, 3.05) is 20.3 Å². The second kappa shape index (κ2) is 7.25. The Hall–Kier alpha value is -3.12. The van der Waals surface area contributed by atoms with Crippen LogP contribution in [0.2, 0.25) is 0 Å². The zero-order chi connectivity index (χ0) is 18.8. The fourth-order valence-corrected chi connectivity index (χ4v) is 3.49. The maximum Gasteiger partial charge on any atom is 0.320 e. The van der Waals surface area contributed by atoms with Crippen molar-refractivity contribution < 1.29 is 19.1 Å². The van der Waals surface area contributed by atoms with Gasteiger partial charge >= 0.3 is 6.03 Å². The molecular weight excluding hydrogens is 344 g/mol. The molecule has 2 aliphatic rings. The van der Waals surface area contributed by atoms with Crippen molar-refractivity contribution >= 4 is 17.5 Å². The van der Waals surface area contributed by atoms with Gasteiger partial charge < -0.3 is 20.1 Å². The molecule has 2 N–H and O–H groups in total. The van der Waals surface area contributed by atoms with E-state index in [4.69, 9.17) is 9.47 Å². The van der Waals surface area contributed by atoms with E-state index in [1.54, 1.807) is 13.2 Å². The molecule has 1 aliphatic carbocycles. The molecule has 0 spiro atoms. The van der Waals surface area contributed by atoms with Gasteiger partial charge in [0.25, 0.3) is 0 Å². The van der Waals surface area contributed by atoms with Gasteiger partial charge in [0.2, 0.25) is 0 Å². The molecule has 2 aromatic rings. The van der Waals surface area contributed by atoms with Crippen molar-refractivity contribution in [1.29, 1.82) is 0 Å². The highest BCUT2D eigenvalue weighted by atomic mass is 16.5. The Morgan fingerprint density at radius 1 is 1.00 bits per heavy atom. The first-order chi connectivity index (χ1) is 13.2. The molecule has 1 atom stereocenters. The lowest BCUT2D eigenvalue weighted by atomic mass is 9.94. The smallest absolute Gasteiger partial charge is 0.320 e. The summed E-state index contributed by atoms with van der Waals surface area (Å²) in [4.78, 5) is 25.2. The van der Waals surface area contributed by atoms with E-state index in [9.17, 15) is 9.59 Å². The Kier molecular flexibility index (Phi) is 4.64. The minimum absolute atomic E-state index is 0.0653. The van der Waals surface area contributed by atoms with Gasteiger partial charge in [-0.3, -0.25) is 4.79 Å². The normalized spacial score (nSPS) is 17.9. The van der Waals surface area contributed by atoms with Gasteiger partial charge in [-0.25, -0.2) is 4.79 Å². The molecule has 0 fully saturated rings. The van der Waals surface area contributed by atoms with Gasteiger partial charge in [-0.05, 0) is 17.7 Å². The van der Waals surface area contributed by atoms with Crippen molar-refractivity contribution in [2.24, 2.45) is 0 Å². The van der Waals surface area contributed by atoms with Gasteiger partial charge in [-0.1, -0.05) is 36.4 Å². The highest BCUT2D eigenvalue weighted by Crippen LogP contribution is 2.40. The van der Waals surface area contributed by atoms with Crippen molar-refractivity contribution in [1.82, 2.24) is 10.6 Å². The summed E-state index contributed by atoms with van der Waals surface area (Å²) < 4.78 is 10.8. The minimum Gasteiger partial charge on any atom is -0.493 e. The molecule has 0 saturated heterocycles. The molecule has 6 nitrogen and oxygen atoms in total. The Morgan fingerprint density at radius 2 is 1.81 bits per heavy atom. The van der Waals surface area contributed by atoms with E-state index in [0.29, 0.717) is 35.8 Å². The number of amides is 2. The van der Waals surface area contributed by atoms with Crippen LogP contribution in [0.3, 0.4) is 0 Å². The largest absolute Gasteiger partial charge is 0.493 e. The summed E-state index contributed by atoms with van der Waals surface area (Å²) in [5.74, 6) is 0.631. The second-order valence-electron chi connectivity index (χ2n) is 6.46. The third kappa shape index (κ3) is 3.19. The second-order valence-corrected chi connectivity index (χ2v) is 6.46. The highest BCUT2D eigenvalue weighted by molar-refractivity contribution is 6.23. The zero-order valence-corrected chi connectivity index (χ0v) is 15.0. The summed E-state index contributed by atoms with van der Waals surface area (Å²) in [6, 6.07) is 14.0. The van der Waals surface area contributed by atoms with Crippen molar-refractivity contribution in [2.45, 2.75) is 12.5 Å². The van der Waals surface area contributed by atoms with E-state index in [-0.39, 0.29) is 11.8 Å². The predicted molar refractivity (Wildman–Crippen MR) is 101 cm³/mol. The van der Waals surface area contributed by atoms with Gasteiger partial charge in [-0.15, -0.1) is 0 Å². The molecule has 0 saturated carbocycles. The number of Topliss-reactive ketones (excluding diaryl/α,β-unsaturated/α-hetero) is 1. The number of benzene rings is 2. The van der Waals surface area contributed by atoms with E-state index >= 15 is 0 Å². The standard InChI is InChI=1S/C21H20N2O4/c1-26-10-5-11-27-14-7-4-6-13(12-14)18-17-19(23-21(25)22-18)15-8-2-3-9-16(15)20(17)24/h2-4,6-9,12,18H,5,10-11H2,1H3,(H2,22,23,25). The topological polar surface area (TPSA) is 76.7 Å². The summed E-state index contributed by atoms with van der Waals surface area (Å²) in [5, 5.41) is 5.66. The molecule has 1 unspecified atom stereocenters. The maximum absolute atomic E-state index is 13.0. The molecule has 1 aliphatic heterocycles. The SMILES string of the molecule is COCCCOc1cccc(C2NC(=O)NC3=C2C(=O)c2ccccc23)c1. The summed E-state index contributed by atoms with van der Waals surface area (Å²) in [7, 11) is 1.66. The maximum atomic E-state index is 13.0. The first-order valence-corrected chi connectivity index (χ1v) is 8.86. The Labute approximate surface area is 157 Å². The van der Waals surface area contributed by atoms with Gasteiger partial charge in [0.05, 0.1) is 23.9 Å². The lowest BCUT2D eigenvalue weighted by molar-refractivity contribution is 0.103. The lowest BCUT2D eigenvalue weighted by Gasteiger charge is -2.26. The van der Waals surface area contributed by atoms with Gasteiger partial charge in [0.1, 0.15) is 5.75 Å². The number of nitrogens with one attached hydrogen (secondary N) is 2. The summed E-state index contributed by atoms with van der Waals surface area (Å²) in [6.07, 6.45) is 0.786. The lowest BCUT2D eigenvalue weighted by Crippen LogP contribution is -2.43. The monoisotopic (exact) mass is 364 g/mol. The first kappa shape index (κ1) is 17.3. The quantitative estimate of drug-likeness (QED) is 0.773. The van der Waals surface area contributed by atoms with Gasteiger partial charge in [0.15, 0.2) is 5.78 Å². The number of methoxy groups -OCH3 is 1. The number of hydrogen-bond acceptors (Lipinski definition) is 4. The van der Waals surface area contributed by atoms with Crippen molar-refractivity contribution in [3.05, 3.63) is 70.8 Å². The number of carbonyl (C=O) groups is 2. The van der Waals surface area contributed by atoms with E-state index in [2.05, 4.69) is 10.6 Å². The molecule has 2 amide bonds. The van der Waals surface area contributed by atoms with E-state index < -0.39 is 6.04 Å². The third-order valence-electron chi connectivity index (χ3n) is 4.71. The molecule has 4 rings (SSSR count). The number of fused-ring (bicyclic) bond motifs is 2. The molecule has 1 heterocycles. The van der Waals surface area contributed by atoms with Crippen LogP contribution in [-0.2, 0) is 4.74 Å². The fraction of sp³-hybridized carbons (Fsp3) is 0.238. The first-order valence-electron chi connectivity index (χ1n) is 8.86. The summed E-state index contributed by atoms with van der Waals surface area (Å²) in [6.45, 7) is 1.17. The van der Waals surface area contributed by atoms with Crippen LogP contribution in [0.25, 0.3) is 5.70 Å². The summed E-state index contributed by atoms with van der Waals surface area (Å²) in [5.41, 5.74) is 3.35. The van der Waals surface area contributed by atoms with Gasteiger partial charge in [0, 0.05) is 31.3 Å². The molecule has 6 heteroatoms. The van der Waals surface area contributed by atoms with Crippen LogP contribution in [0.4, 0.5) is 4.79 Å². The average Bonchev–Trinajstić information content (AvgIpc) is 2.97. The van der Waals surface area contributed by atoms with Gasteiger partial charge in [-0.2, -0.15) is 0 Å². The van der Waals surface area contributed by atoms with Crippen LogP contribution in [0.1, 0.15) is 33.9 Å². The Bertz CT molecular complexity index is 935. The molecule has 0 bridgehead atoms. The van der Waals surface area contributed by atoms with Crippen LogP contribution in [-0.4, -0.2) is 32.1 Å². The number of rotatable bonds is 6. The molecule has 138 valence electrons. The van der Waals surface area contributed by atoms with Crippen LogP contribution in [0, 0.1) is 0 Å². The zero-order valence-electron chi connectivity index (χ0n) is 15.0. The average molecular weight is 364 g/mol. The third-order valence-corrected chi connectivity index (χ3v) is 4.71. The fourth-order valence-electron chi connectivity index (χ4n) is 3.49. The molecule has 0 aromatic heterocycles. The van der Waals surface area contributed by atoms with Crippen LogP contribution in [0.15, 0.2) is 54.1 Å². The van der Waals surface area contributed by atoms with E-state index in [1.165, 1.54) is 0 Å². The molecule has 0 radical (unpaired) electrons. The number of hydrogen-bond donors (Lipinski definition) is 2. The van der Waals surface area contributed by atoms with Crippen LogP contribution < -0.4 is 15.4 Å².